The maximum absolute atomic E-state index is 14.6. The van der Waals surface area contributed by atoms with Crippen LogP contribution in [0.3, 0.4) is 0 Å². The average molecular weight is 986 g/mol. The van der Waals surface area contributed by atoms with Gasteiger partial charge in [0.25, 0.3) is 0 Å². The Morgan fingerprint density at radius 1 is 0.912 bits per heavy atom. The summed E-state index contributed by atoms with van der Waals surface area (Å²) < 4.78 is 79.6. The molecular formula is C49H83N3O15S. The van der Waals surface area contributed by atoms with Gasteiger partial charge in [-0.2, -0.15) is 12.7 Å². The molecule has 5 aliphatic heterocycles. The summed E-state index contributed by atoms with van der Waals surface area (Å²) >= 11 is 0. The van der Waals surface area contributed by atoms with E-state index in [0.717, 1.165) is 37.9 Å². The van der Waals surface area contributed by atoms with Crippen LogP contribution < -0.4 is 10.1 Å². The third-order valence-corrected chi connectivity index (χ3v) is 17.2. The number of aliphatic hydroxyl groups is 4. The second-order valence-electron chi connectivity index (χ2n) is 21.3. The van der Waals surface area contributed by atoms with Gasteiger partial charge in [-0.25, -0.2) is 4.18 Å². The lowest BCUT2D eigenvalue weighted by molar-refractivity contribution is -0.338. The zero-order chi connectivity index (χ0) is 50.1. The zero-order valence-corrected chi connectivity index (χ0v) is 43.3. The first-order valence-electron chi connectivity index (χ1n) is 24.8. The maximum atomic E-state index is 14.6. The number of ether oxygens (including phenoxy) is 7. The number of methoxy groups -OCH3 is 2. The van der Waals surface area contributed by atoms with Crippen LogP contribution in [0.5, 0.6) is 5.75 Å². The van der Waals surface area contributed by atoms with Crippen LogP contribution in [0.15, 0.2) is 24.3 Å². The average Bonchev–Trinajstić information content (AvgIpc) is 3.54. The van der Waals surface area contributed by atoms with Gasteiger partial charge < -0.3 is 63.8 Å². The van der Waals surface area contributed by atoms with Gasteiger partial charge >= 0.3 is 16.3 Å². The minimum atomic E-state index is -4.29. The first-order valence-corrected chi connectivity index (χ1v) is 26.2. The first-order chi connectivity index (χ1) is 31.8. The number of hydrogen-bond donors (Lipinski definition) is 5. The number of hydrogen-bond acceptors (Lipinski definition) is 17. The van der Waals surface area contributed by atoms with E-state index >= 15 is 0 Å². The summed E-state index contributed by atoms with van der Waals surface area (Å²) in [7, 11) is -1.19. The van der Waals surface area contributed by atoms with Gasteiger partial charge in [0.1, 0.15) is 40.9 Å². The third-order valence-electron chi connectivity index (χ3n) is 15.8. The summed E-state index contributed by atoms with van der Waals surface area (Å²) in [6, 6.07) is 5.77. The first kappa shape index (κ1) is 55.2. The van der Waals surface area contributed by atoms with Gasteiger partial charge in [-0.3, -0.25) is 4.79 Å². The molecular weight excluding hydrogens is 903 g/mol. The van der Waals surface area contributed by atoms with E-state index in [2.05, 4.69) is 10.2 Å². The molecule has 0 radical (unpaired) electrons. The fraction of sp³-hybridized carbons (Fsp3) is 0.857. The number of nitrogens with one attached hydrogen (secondary N) is 1. The van der Waals surface area contributed by atoms with Gasteiger partial charge in [0.15, 0.2) is 12.6 Å². The molecule has 18 atom stereocenters. The van der Waals surface area contributed by atoms with Crippen molar-refractivity contribution in [2.24, 2.45) is 17.8 Å². The molecule has 0 bridgehead atoms. The molecule has 5 heterocycles. The third kappa shape index (κ3) is 11.7. The lowest BCUT2D eigenvalue weighted by Crippen LogP contribution is -2.70. The summed E-state index contributed by atoms with van der Waals surface area (Å²) in [4.78, 5) is 16.8. The van der Waals surface area contributed by atoms with E-state index < -0.39 is 118 Å². The molecule has 19 heteroatoms. The SMILES string of the molecule is CC[C@H]1OC(=O)[C@H](C)[C@@H](O[C@H]2C[C@@](C)(OC)[C@](O)(CN3CCCCC3)[C@H](C)O2)[C@H](C)[C@@H](O[C@@H]2O[C@H](C)C[C@H]3[C@H]2OS(=O)(=O)N3Cc2ccc(OC)cc2)[C@](C)(O)C[C@@H](C)CN[C@H](C)[C@@H](O)[C@]1(C)O. The van der Waals surface area contributed by atoms with E-state index in [1.54, 1.807) is 80.0 Å². The number of carbonyl (C=O) groups excluding carboxylic acids is 1. The molecule has 390 valence electrons. The second kappa shape index (κ2) is 22.0. The molecule has 18 nitrogen and oxygen atoms in total. The van der Waals surface area contributed by atoms with Gasteiger partial charge in [-0.1, -0.05) is 39.3 Å². The molecule has 6 rings (SSSR count). The van der Waals surface area contributed by atoms with Gasteiger partial charge in [-0.15, -0.1) is 0 Å². The van der Waals surface area contributed by atoms with Crippen molar-refractivity contribution in [3.63, 3.8) is 0 Å². The van der Waals surface area contributed by atoms with E-state index in [1.807, 2.05) is 20.8 Å². The number of fused-ring (bicyclic) bond motifs is 1. The van der Waals surface area contributed by atoms with Crippen LogP contribution in [-0.2, 0) is 54.2 Å². The van der Waals surface area contributed by atoms with Crippen LogP contribution in [0.25, 0.3) is 0 Å². The van der Waals surface area contributed by atoms with Crippen molar-refractivity contribution in [1.82, 2.24) is 14.5 Å². The van der Waals surface area contributed by atoms with E-state index in [4.69, 9.17) is 37.3 Å². The zero-order valence-electron chi connectivity index (χ0n) is 42.5. The van der Waals surface area contributed by atoms with Gasteiger partial charge in [-0.05, 0) is 124 Å². The van der Waals surface area contributed by atoms with Gasteiger partial charge in [0.05, 0.1) is 49.1 Å². The molecule has 0 aromatic heterocycles. The fourth-order valence-electron chi connectivity index (χ4n) is 11.5. The Hall–Kier alpha value is -2.08. The summed E-state index contributed by atoms with van der Waals surface area (Å²) in [6.07, 6.45) is -5.77. The van der Waals surface area contributed by atoms with Crippen LogP contribution in [0.2, 0.25) is 0 Å². The van der Waals surface area contributed by atoms with Crippen molar-refractivity contribution in [2.75, 3.05) is 40.4 Å². The highest BCUT2D eigenvalue weighted by Gasteiger charge is 2.60. The van der Waals surface area contributed by atoms with Crippen molar-refractivity contribution >= 4 is 16.3 Å². The summed E-state index contributed by atoms with van der Waals surface area (Å²) in [5.41, 5.74) is -5.47. The monoisotopic (exact) mass is 986 g/mol. The van der Waals surface area contributed by atoms with E-state index in [1.165, 1.54) is 11.2 Å². The van der Waals surface area contributed by atoms with Crippen molar-refractivity contribution in [2.45, 2.75) is 211 Å². The maximum Gasteiger partial charge on any atom is 0.339 e. The molecule has 0 aliphatic carbocycles. The molecule has 0 saturated carbocycles. The topological polar surface area (TPSA) is 224 Å². The largest absolute Gasteiger partial charge is 0.497 e. The van der Waals surface area contributed by atoms with Gasteiger partial charge in [0, 0.05) is 38.6 Å². The Balaban J connectivity index is 1.38. The highest BCUT2D eigenvalue weighted by Crippen LogP contribution is 2.45. The van der Waals surface area contributed by atoms with Crippen LogP contribution >= 0.6 is 0 Å². The highest BCUT2D eigenvalue weighted by molar-refractivity contribution is 7.84. The summed E-state index contributed by atoms with van der Waals surface area (Å²) in [5, 5.41) is 52.0. The number of cyclic esters (lactones) is 1. The molecule has 5 aliphatic rings. The number of benzene rings is 1. The van der Waals surface area contributed by atoms with Crippen LogP contribution in [0, 0.1) is 17.8 Å². The van der Waals surface area contributed by atoms with E-state index in [-0.39, 0.29) is 31.7 Å². The Bertz CT molecular complexity index is 1920. The lowest BCUT2D eigenvalue weighted by Gasteiger charge is -2.55. The van der Waals surface area contributed by atoms with Crippen molar-refractivity contribution < 1.29 is 71.0 Å². The molecule has 0 spiro atoms. The number of β-amino-alcohol motifs (C(OH)–C–C–N with tert-alkyl or cyclic N) is 1. The number of likely N-dealkylation sites (tertiary alicyclic amines) is 1. The Morgan fingerprint density at radius 3 is 2.19 bits per heavy atom. The molecule has 0 unspecified atom stereocenters. The second-order valence-corrected chi connectivity index (χ2v) is 22.8. The van der Waals surface area contributed by atoms with Crippen LogP contribution in [0.1, 0.15) is 120 Å². The van der Waals surface area contributed by atoms with Crippen molar-refractivity contribution in [3.05, 3.63) is 29.8 Å². The smallest absolute Gasteiger partial charge is 0.339 e. The van der Waals surface area contributed by atoms with E-state index in [9.17, 15) is 33.6 Å². The van der Waals surface area contributed by atoms with Crippen molar-refractivity contribution in [3.8, 4) is 5.75 Å². The van der Waals surface area contributed by atoms with Crippen molar-refractivity contribution in [1.29, 1.82) is 0 Å². The number of piperidine rings is 1. The predicted octanol–water partition coefficient (Wildman–Crippen LogP) is 3.65. The van der Waals surface area contributed by atoms with Crippen LogP contribution in [-0.4, -0.2) is 174 Å². The molecule has 1 aromatic carbocycles. The lowest BCUT2D eigenvalue weighted by atomic mass is 9.74. The fourth-order valence-corrected chi connectivity index (χ4v) is 13.0. The quantitative estimate of drug-likeness (QED) is 0.200. The summed E-state index contributed by atoms with van der Waals surface area (Å²) in [6.45, 7) is 19.7. The normalized spacial score (nSPS) is 44.9. The molecule has 68 heavy (non-hydrogen) atoms. The molecule has 1 aromatic rings. The Morgan fingerprint density at radius 2 is 1.57 bits per heavy atom. The standard InChI is InChI=1S/C49H83N3O15S/c1-13-38-48(10,56)42(53)33(6)50-26-29(2)24-46(8,55)43(66-45-41-37(23-30(3)62-45)52(68(58,59)67-41)27-35-17-19-36(60-11)20-18-35)31(4)40(32(5)44(54)64-38)65-39-25-47(9,61-12)49(57,34(7)63-39)28-51-21-15-14-16-22-51/h17-20,29-34,37-43,45,50,53,55-57H,13-16,21-28H2,1-12H3/t29-,30-,31+,32-,33-,34+,37+,38-,39+,40+,41-,42-,43-,45+,46-,47-,48-,49+/m1/s1. The predicted molar refractivity (Wildman–Crippen MR) is 251 cm³/mol. The number of carbonyl (C=O) groups is 1. The number of rotatable bonds is 11. The van der Waals surface area contributed by atoms with Gasteiger partial charge in [0.2, 0.25) is 0 Å². The molecule has 5 saturated heterocycles. The number of esters is 1. The van der Waals surface area contributed by atoms with Crippen LogP contribution in [0.4, 0.5) is 0 Å². The van der Waals surface area contributed by atoms with E-state index in [0.29, 0.717) is 25.3 Å². The molecule has 0 amide bonds. The highest BCUT2D eigenvalue weighted by atomic mass is 32.2. The number of nitrogens with zero attached hydrogens (tertiary/aromatic N) is 2. The minimum Gasteiger partial charge on any atom is -0.497 e. The Kier molecular flexibility index (Phi) is 17.8. The summed E-state index contributed by atoms with van der Waals surface area (Å²) in [5.74, 6) is -2.38. The number of aliphatic hydroxyl groups excluding tert-OH is 1. The molecule has 5 N–H and O–H groups in total. The Labute approximate surface area is 404 Å². The molecule has 5 fully saturated rings. The minimum absolute atomic E-state index is 0.0245.